The van der Waals surface area contributed by atoms with Gasteiger partial charge in [0.05, 0.1) is 24.7 Å². The number of nitrogens with zero attached hydrogens (tertiary/aromatic N) is 1. The van der Waals surface area contributed by atoms with E-state index in [4.69, 9.17) is 4.74 Å². The maximum atomic E-state index is 13.4. The molecule has 0 fully saturated rings. The Morgan fingerprint density at radius 2 is 1.51 bits per heavy atom. The third-order valence-corrected chi connectivity index (χ3v) is 6.63. The molecule has 3 N–H and O–H groups in total. The molecule has 0 saturated carbocycles. The number of carbonyl (C=O) groups excluding carboxylic acids is 2. The fourth-order valence-electron chi connectivity index (χ4n) is 4.15. The number of methoxy groups -OCH3 is 1. The predicted octanol–water partition coefficient (Wildman–Crippen LogP) is 5.48. The molecule has 0 aliphatic carbocycles. The first-order valence-electron chi connectivity index (χ1n) is 12.1. The minimum atomic E-state index is -3.65. The maximum Gasteiger partial charge on any atom is 0.296 e. The van der Waals surface area contributed by atoms with Crippen molar-refractivity contribution in [1.82, 2.24) is 4.98 Å². The Balaban J connectivity index is 1.72. The number of fused-ring (bicyclic) bond motifs is 1. The van der Waals surface area contributed by atoms with Gasteiger partial charge in [-0.2, -0.15) is 0 Å². The van der Waals surface area contributed by atoms with Crippen molar-refractivity contribution in [3.05, 3.63) is 84.2 Å². The smallest absolute Gasteiger partial charge is 0.296 e. The van der Waals surface area contributed by atoms with Gasteiger partial charge in [0, 0.05) is 34.7 Å². The van der Waals surface area contributed by atoms with Gasteiger partial charge in [-0.1, -0.05) is 45.0 Å². The number of ketones is 1. The molecule has 0 saturated heterocycles. The average Bonchev–Trinajstić information content (AvgIpc) is 2.87. The minimum absolute atomic E-state index is 0.0938. The number of carbonyl (C=O) groups is 2. The van der Waals surface area contributed by atoms with Gasteiger partial charge >= 0.3 is 0 Å². The van der Waals surface area contributed by atoms with Crippen LogP contribution in [0.4, 0.5) is 22.7 Å². The van der Waals surface area contributed by atoms with Gasteiger partial charge in [-0.25, -0.2) is 8.42 Å². The topological polar surface area (TPSA) is 126 Å². The van der Waals surface area contributed by atoms with Crippen molar-refractivity contribution in [3.63, 3.8) is 0 Å². The highest BCUT2D eigenvalue weighted by atomic mass is 32.2. The number of hydrogen-bond acceptors (Lipinski definition) is 7. The van der Waals surface area contributed by atoms with E-state index in [1.165, 1.54) is 7.11 Å². The van der Waals surface area contributed by atoms with Crippen LogP contribution in [-0.4, -0.2) is 38.5 Å². The molecule has 4 aromatic rings. The molecule has 39 heavy (non-hydrogen) atoms. The normalized spacial score (nSPS) is 11.6. The van der Waals surface area contributed by atoms with E-state index in [0.29, 0.717) is 5.39 Å². The molecule has 1 amide bonds. The summed E-state index contributed by atoms with van der Waals surface area (Å²) in [5.74, 6) is -1.54. The Labute approximate surface area is 227 Å². The van der Waals surface area contributed by atoms with Gasteiger partial charge in [-0.3, -0.25) is 19.3 Å². The zero-order chi connectivity index (χ0) is 28.4. The zero-order valence-corrected chi connectivity index (χ0v) is 23.1. The number of rotatable bonds is 8. The molecule has 0 bridgehead atoms. The molecule has 202 valence electrons. The highest BCUT2D eigenvalue weighted by Crippen LogP contribution is 2.39. The summed E-state index contributed by atoms with van der Waals surface area (Å²) < 4.78 is 31.9. The highest BCUT2D eigenvalue weighted by Gasteiger charge is 2.25. The van der Waals surface area contributed by atoms with Gasteiger partial charge in [-0.15, -0.1) is 0 Å². The molecule has 0 aliphatic heterocycles. The molecule has 0 spiro atoms. The van der Waals surface area contributed by atoms with E-state index in [0.717, 1.165) is 28.6 Å². The number of hydrogen-bond donors (Lipinski definition) is 3. The van der Waals surface area contributed by atoms with Gasteiger partial charge in [0.15, 0.2) is 5.75 Å². The van der Waals surface area contributed by atoms with Crippen LogP contribution in [0.25, 0.3) is 10.8 Å². The number of nitrogens with one attached hydrogen (secondary N) is 3. The summed E-state index contributed by atoms with van der Waals surface area (Å²) in [6.45, 7) is 5.84. The van der Waals surface area contributed by atoms with E-state index < -0.39 is 27.1 Å². The van der Waals surface area contributed by atoms with Crippen molar-refractivity contribution >= 4 is 55.2 Å². The fraction of sp³-hybridized carbons (Fsp3) is 0.207. The summed E-state index contributed by atoms with van der Waals surface area (Å²) in [4.78, 5) is 30.7. The number of pyridine rings is 1. The lowest BCUT2D eigenvalue weighted by Gasteiger charge is -2.24. The number of amides is 1. The Morgan fingerprint density at radius 1 is 0.872 bits per heavy atom. The van der Waals surface area contributed by atoms with E-state index >= 15 is 0 Å². The summed E-state index contributed by atoms with van der Waals surface area (Å²) >= 11 is 0. The molecule has 1 aromatic heterocycles. The number of Topliss-reactive ketones (excluding diaryl/α,β-unsaturated/α-hetero) is 1. The van der Waals surface area contributed by atoms with E-state index in [-0.39, 0.29) is 22.7 Å². The third-order valence-electron chi connectivity index (χ3n) is 6.04. The summed E-state index contributed by atoms with van der Waals surface area (Å²) in [5.41, 5.74) is 2.50. The van der Waals surface area contributed by atoms with Crippen LogP contribution in [0.1, 0.15) is 36.7 Å². The molecule has 1 heterocycles. The van der Waals surface area contributed by atoms with Crippen molar-refractivity contribution < 1.29 is 22.7 Å². The van der Waals surface area contributed by atoms with Gasteiger partial charge < -0.3 is 15.4 Å². The summed E-state index contributed by atoms with van der Waals surface area (Å²) in [6, 6.07) is 17.6. The first kappa shape index (κ1) is 27.6. The van der Waals surface area contributed by atoms with Gasteiger partial charge in [0.25, 0.3) is 11.7 Å². The summed E-state index contributed by atoms with van der Waals surface area (Å²) in [7, 11) is -2.29. The standard InChI is InChI=1S/C29H30N4O5S/c1-29(2,3)18-16-24(27(38-4)25(17-18)33-39(5,36)37)32-28(35)26(34)22-10-11-23(21-9-7-6-8-20(21)22)31-19-12-14-30-15-13-19/h6-17,33H,1-5H3,(H,30,31)(H,32,35). The minimum Gasteiger partial charge on any atom is -0.492 e. The number of ether oxygens (including phenoxy) is 1. The van der Waals surface area contributed by atoms with Crippen LogP contribution in [0.2, 0.25) is 0 Å². The second-order valence-electron chi connectivity index (χ2n) is 10.1. The third kappa shape index (κ3) is 6.35. The summed E-state index contributed by atoms with van der Waals surface area (Å²) in [6.07, 6.45) is 4.37. The molecule has 0 unspecified atom stereocenters. The summed E-state index contributed by atoms with van der Waals surface area (Å²) in [5, 5.41) is 7.33. The zero-order valence-electron chi connectivity index (χ0n) is 22.3. The largest absolute Gasteiger partial charge is 0.492 e. The van der Waals surface area contributed by atoms with Gasteiger partial charge in [0.2, 0.25) is 10.0 Å². The number of sulfonamides is 1. The molecule has 3 aromatic carbocycles. The number of anilines is 4. The Hall–Kier alpha value is -4.44. The molecule has 0 atom stereocenters. The van der Waals surface area contributed by atoms with Crippen molar-refractivity contribution in [1.29, 1.82) is 0 Å². The van der Waals surface area contributed by atoms with Crippen LogP contribution in [0.5, 0.6) is 5.75 Å². The van der Waals surface area contributed by atoms with Crippen LogP contribution in [0.3, 0.4) is 0 Å². The van der Waals surface area contributed by atoms with Crippen LogP contribution in [-0.2, 0) is 20.2 Å². The second kappa shape index (κ2) is 10.7. The van der Waals surface area contributed by atoms with Crippen LogP contribution < -0.4 is 20.1 Å². The van der Waals surface area contributed by atoms with Gasteiger partial charge in [0.1, 0.15) is 0 Å². The van der Waals surface area contributed by atoms with Gasteiger partial charge in [-0.05, 0) is 52.8 Å². The number of aromatic nitrogens is 1. The number of benzene rings is 3. The molecule has 0 aliphatic rings. The van der Waals surface area contributed by atoms with E-state index in [1.54, 1.807) is 48.8 Å². The molecule has 0 radical (unpaired) electrons. The van der Waals surface area contributed by atoms with Crippen molar-refractivity contribution in [3.8, 4) is 5.75 Å². The average molecular weight is 547 g/mol. The first-order chi connectivity index (χ1) is 18.4. The van der Waals surface area contributed by atoms with Crippen molar-refractivity contribution in [2.45, 2.75) is 26.2 Å². The first-order valence-corrected chi connectivity index (χ1v) is 14.0. The molecule has 4 rings (SSSR count). The molecular formula is C29H30N4O5S. The highest BCUT2D eigenvalue weighted by molar-refractivity contribution is 7.92. The Kier molecular flexibility index (Phi) is 7.60. The van der Waals surface area contributed by atoms with Crippen molar-refractivity contribution in [2.75, 3.05) is 28.7 Å². The molecule has 10 heteroatoms. The van der Waals surface area contributed by atoms with Crippen LogP contribution in [0.15, 0.2) is 73.1 Å². The lowest BCUT2D eigenvalue weighted by atomic mass is 9.86. The van der Waals surface area contributed by atoms with Crippen LogP contribution >= 0.6 is 0 Å². The maximum absolute atomic E-state index is 13.4. The molecular weight excluding hydrogens is 516 g/mol. The lowest BCUT2D eigenvalue weighted by Crippen LogP contribution is -2.24. The second-order valence-corrected chi connectivity index (χ2v) is 11.8. The van der Waals surface area contributed by atoms with E-state index in [9.17, 15) is 18.0 Å². The van der Waals surface area contributed by atoms with Crippen LogP contribution in [0, 0.1) is 0 Å². The predicted molar refractivity (Wildman–Crippen MR) is 155 cm³/mol. The van der Waals surface area contributed by atoms with E-state index in [2.05, 4.69) is 20.3 Å². The fourth-order valence-corrected chi connectivity index (χ4v) is 4.70. The lowest BCUT2D eigenvalue weighted by molar-refractivity contribution is -0.112. The Morgan fingerprint density at radius 3 is 2.13 bits per heavy atom. The monoisotopic (exact) mass is 546 g/mol. The Bertz CT molecular complexity index is 1660. The SMILES string of the molecule is COc1c(NC(=O)C(=O)c2ccc(Nc3ccncc3)c3ccccc23)cc(C(C)(C)C)cc1NS(C)(=O)=O. The van der Waals surface area contributed by atoms with Crippen molar-refractivity contribution in [2.24, 2.45) is 0 Å². The molecule has 9 nitrogen and oxygen atoms in total. The van der Waals surface area contributed by atoms with E-state index in [1.807, 2.05) is 45.0 Å². The quantitative estimate of drug-likeness (QED) is 0.197.